The highest BCUT2D eigenvalue weighted by molar-refractivity contribution is 5.75. The fraction of sp³-hybridized carbons (Fsp3) is 0.818. The number of nitrogens with one attached hydrogen (secondary N) is 1. The number of ether oxygens (including phenoxy) is 1. The summed E-state index contributed by atoms with van der Waals surface area (Å²) >= 11 is 0. The normalized spacial score (nSPS) is 16.1. The number of rotatable bonds is 8. The Labute approximate surface area is 106 Å². The van der Waals surface area contributed by atoms with Gasteiger partial charge < -0.3 is 25.2 Å². The molecule has 3 N–H and O–H groups in total. The lowest BCUT2D eigenvalue weighted by Crippen LogP contribution is -2.44. The SMILES string of the molecule is COCCN(C(=O)NCC[C@H](O)C(=O)O)C1CC1. The second-order valence-corrected chi connectivity index (χ2v) is 4.29. The molecule has 0 saturated heterocycles. The van der Waals surface area contributed by atoms with E-state index in [9.17, 15) is 9.59 Å². The van der Waals surface area contributed by atoms with Crippen molar-refractivity contribution in [3.8, 4) is 0 Å². The van der Waals surface area contributed by atoms with Crippen LogP contribution in [0.5, 0.6) is 0 Å². The van der Waals surface area contributed by atoms with Crippen molar-refractivity contribution < 1.29 is 24.5 Å². The monoisotopic (exact) mass is 260 g/mol. The van der Waals surface area contributed by atoms with Crippen LogP contribution in [0.1, 0.15) is 19.3 Å². The summed E-state index contributed by atoms with van der Waals surface area (Å²) in [7, 11) is 1.58. The number of aliphatic hydroxyl groups is 1. The van der Waals surface area contributed by atoms with Gasteiger partial charge in [-0.1, -0.05) is 0 Å². The number of urea groups is 1. The Kier molecular flexibility index (Phi) is 5.87. The molecule has 18 heavy (non-hydrogen) atoms. The van der Waals surface area contributed by atoms with Crippen molar-refractivity contribution in [3.05, 3.63) is 0 Å². The molecule has 7 nitrogen and oxygen atoms in total. The maximum atomic E-state index is 11.8. The van der Waals surface area contributed by atoms with Crippen molar-refractivity contribution >= 4 is 12.0 Å². The molecular formula is C11H20N2O5. The smallest absolute Gasteiger partial charge is 0.332 e. The summed E-state index contributed by atoms with van der Waals surface area (Å²) in [6.07, 6.45) is 0.562. The summed E-state index contributed by atoms with van der Waals surface area (Å²) in [4.78, 5) is 23.9. The minimum absolute atomic E-state index is 0.00383. The summed E-state index contributed by atoms with van der Waals surface area (Å²) in [5, 5.41) is 20.1. The van der Waals surface area contributed by atoms with Crippen LogP contribution in [-0.4, -0.2) is 66.1 Å². The zero-order valence-corrected chi connectivity index (χ0v) is 10.5. The minimum atomic E-state index is -1.43. The molecule has 0 unspecified atom stereocenters. The van der Waals surface area contributed by atoms with Gasteiger partial charge in [-0.25, -0.2) is 9.59 Å². The Morgan fingerprint density at radius 2 is 2.17 bits per heavy atom. The molecule has 0 aromatic heterocycles. The number of carbonyl (C=O) groups excluding carboxylic acids is 1. The average Bonchev–Trinajstić information content (AvgIpc) is 3.13. The van der Waals surface area contributed by atoms with Crippen molar-refractivity contribution in [2.24, 2.45) is 0 Å². The van der Waals surface area contributed by atoms with E-state index in [-0.39, 0.29) is 25.0 Å². The summed E-state index contributed by atoms with van der Waals surface area (Å²) in [5.74, 6) is -1.28. The van der Waals surface area contributed by atoms with E-state index in [1.807, 2.05) is 0 Å². The lowest BCUT2D eigenvalue weighted by Gasteiger charge is -2.22. The first-order chi connectivity index (χ1) is 8.56. The Morgan fingerprint density at radius 1 is 1.50 bits per heavy atom. The molecule has 0 aromatic rings. The highest BCUT2D eigenvalue weighted by Gasteiger charge is 2.32. The van der Waals surface area contributed by atoms with Gasteiger partial charge in [0.05, 0.1) is 6.61 Å². The average molecular weight is 260 g/mol. The van der Waals surface area contributed by atoms with Crippen LogP contribution >= 0.6 is 0 Å². The predicted molar refractivity (Wildman–Crippen MR) is 63.3 cm³/mol. The molecule has 1 aliphatic carbocycles. The quantitative estimate of drug-likeness (QED) is 0.553. The second-order valence-electron chi connectivity index (χ2n) is 4.29. The highest BCUT2D eigenvalue weighted by Crippen LogP contribution is 2.26. The van der Waals surface area contributed by atoms with Crippen molar-refractivity contribution in [2.45, 2.75) is 31.4 Å². The van der Waals surface area contributed by atoms with E-state index in [0.29, 0.717) is 13.2 Å². The minimum Gasteiger partial charge on any atom is -0.479 e. The molecule has 0 spiro atoms. The van der Waals surface area contributed by atoms with Gasteiger partial charge in [0.15, 0.2) is 6.10 Å². The lowest BCUT2D eigenvalue weighted by atomic mass is 10.2. The molecule has 0 aromatic carbocycles. The van der Waals surface area contributed by atoms with E-state index in [1.165, 1.54) is 0 Å². The Morgan fingerprint density at radius 3 is 2.67 bits per heavy atom. The van der Waals surface area contributed by atoms with Crippen LogP contribution in [0.15, 0.2) is 0 Å². The first-order valence-corrected chi connectivity index (χ1v) is 6.00. The zero-order valence-electron chi connectivity index (χ0n) is 10.5. The molecule has 1 rings (SSSR count). The summed E-state index contributed by atoms with van der Waals surface area (Å²) < 4.78 is 4.94. The number of carboxylic acid groups (broad SMARTS) is 1. The van der Waals surface area contributed by atoms with E-state index in [0.717, 1.165) is 12.8 Å². The molecule has 0 heterocycles. The third kappa shape index (κ3) is 4.89. The van der Waals surface area contributed by atoms with Crippen molar-refractivity contribution in [3.63, 3.8) is 0 Å². The van der Waals surface area contributed by atoms with Gasteiger partial charge >= 0.3 is 12.0 Å². The maximum Gasteiger partial charge on any atom is 0.332 e. The van der Waals surface area contributed by atoms with E-state index < -0.39 is 12.1 Å². The van der Waals surface area contributed by atoms with E-state index in [1.54, 1.807) is 12.0 Å². The molecule has 7 heteroatoms. The summed E-state index contributed by atoms with van der Waals surface area (Å²) in [5.41, 5.74) is 0. The molecule has 1 aliphatic rings. The van der Waals surface area contributed by atoms with Crippen LogP contribution in [0.4, 0.5) is 4.79 Å². The molecule has 0 bridgehead atoms. The molecule has 1 saturated carbocycles. The second kappa shape index (κ2) is 7.17. The van der Waals surface area contributed by atoms with Gasteiger partial charge in [0.1, 0.15) is 0 Å². The zero-order chi connectivity index (χ0) is 13.5. The van der Waals surface area contributed by atoms with Gasteiger partial charge in [0, 0.05) is 32.7 Å². The first kappa shape index (κ1) is 14.7. The lowest BCUT2D eigenvalue weighted by molar-refractivity contribution is -0.146. The van der Waals surface area contributed by atoms with Gasteiger partial charge in [-0.15, -0.1) is 0 Å². The number of nitrogens with zero attached hydrogens (tertiary/aromatic N) is 1. The van der Waals surface area contributed by atoms with Crippen molar-refractivity contribution in [2.75, 3.05) is 26.8 Å². The van der Waals surface area contributed by atoms with Crippen molar-refractivity contribution in [1.29, 1.82) is 0 Å². The van der Waals surface area contributed by atoms with E-state index >= 15 is 0 Å². The number of aliphatic carboxylic acids is 1. The molecule has 0 radical (unpaired) electrons. The molecule has 1 fully saturated rings. The fourth-order valence-corrected chi connectivity index (χ4v) is 1.57. The van der Waals surface area contributed by atoms with E-state index in [4.69, 9.17) is 14.9 Å². The predicted octanol–water partition coefficient (Wildman–Crippen LogP) is -0.358. The standard InChI is InChI=1S/C11H20N2O5/c1-18-7-6-13(8-2-3-8)11(17)12-5-4-9(14)10(15)16/h8-9,14H,2-7H2,1H3,(H,12,17)(H,15,16)/t9-/m0/s1. The fourth-order valence-electron chi connectivity index (χ4n) is 1.57. The number of amides is 2. The molecule has 0 aliphatic heterocycles. The number of carboxylic acids is 1. The van der Waals surface area contributed by atoms with Crippen LogP contribution in [-0.2, 0) is 9.53 Å². The summed E-state index contributed by atoms with van der Waals surface area (Å²) in [6, 6.07) is 0.0386. The number of carbonyl (C=O) groups is 2. The van der Waals surface area contributed by atoms with Gasteiger partial charge in [0.25, 0.3) is 0 Å². The third-order valence-corrected chi connectivity index (χ3v) is 2.76. The Balaban J connectivity index is 2.26. The molecule has 1 atom stereocenters. The Hall–Kier alpha value is -1.34. The maximum absolute atomic E-state index is 11.8. The van der Waals surface area contributed by atoms with Crippen molar-refractivity contribution in [1.82, 2.24) is 10.2 Å². The van der Waals surface area contributed by atoms with Gasteiger partial charge in [0.2, 0.25) is 0 Å². The third-order valence-electron chi connectivity index (χ3n) is 2.76. The molecule has 2 amide bonds. The highest BCUT2D eigenvalue weighted by atomic mass is 16.5. The first-order valence-electron chi connectivity index (χ1n) is 6.00. The van der Waals surface area contributed by atoms with Gasteiger partial charge in [-0.3, -0.25) is 0 Å². The van der Waals surface area contributed by atoms with Crippen LogP contribution in [0.3, 0.4) is 0 Å². The number of aliphatic hydroxyl groups excluding tert-OH is 1. The van der Waals surface area contributed by atoms with Crippen LogP contribution in [0, 0.1) is 0 Å². The number of methoxy groups -OCH3 is 1. The van der Waals surface area contributed by atoms with Gasteiger partial charge in [-0.05, 0) is 12.8 Å². The van der Waals surface area contributed by atoms with Crippen LogP contribution in [0.25, 0.3) is 0 Å². The molecule has 104 valence electrons. The largest absolute Gasteiger partial charge is 0.479 e. The summed E-state index contributed by atoms with van der Waals surface area (Å²) in [6.45, 7) is 1.14. The molecular weight excluding hydrogens is 240 g/mol. The van der Waals surface area contributed by atoms with Crippen LogP contribution in [0.2, 0.25) is 0 Å². The van der Waals surface area contributed by atoms with Crippen LogP contribution < -0.4 is 5.32 Å². The number of hydrogen-bond acceptors (Lipinski definition) is 4. The van der Waals surface area contributed by atoms with Gasteiger partial charge in [-0.2, -0.15) is 0 Å². The van der Waals surface area contributed by atoms with E-state index in [2.05, 4.69) is 5.32 Å². The Bertz CT molecular complexity index is 293. The number of hydrogen-bond donors (Lipinski definition) is 3. The topological polar surface area (TPSA) is 99.1 Å².